The van der Waals surface area contributed by atoms with Crippen molar-refractivity contribution in [3.63, 3.8) is 0 Å². The predicted octanol–water partition coefficient (Wildman–Crippen LogP) is 13.4. The van der Waals surface area contributed by atoms with Gasteiger partial charge in [0.25, 0.3) is 0 Å². The van der Waals surface area contributed by atoms with Crippen LogP contribution in [0.1, 0.15) is 40.2 Å². The average molecular weight is 931 g/mol. The molecule has 0 amide bonds. The van der Waals surface area contributed by atoms with Crippen LogP contribution in [0.5, 0.6) is 0 Å². The predicted molar refractivity (Wildman–Crippen MR) is 237 cm³/mol. The third kappa shape index (κ3) is 6.72. The Hall–Kier alpha value is -6.22. The van der Waals surface area contributed by atoms with Crippen molar-refractivity contribution in [3.8, 4) is 28.1 Å². The van der Waals surface area contributed by atoms with Crippen molar-refractivity contribution in [3.05, 3.63) is 212 Å². The SMILES string of the molecule is [2H]C([2H])(c1[c-]c(N2[CH-]N(c3c(-c4ccccc4)cccc3-c3ccccc3)c3ccccc32)ccc1)c1[c-]c2c(cc1)c1ccccc1n2-c1cc(C(C)(C)C)ccn1.[Pt]. The summed E-state index contributed by atoms with van der Waals surface area (Å²) in [6.07, 6.45) is -0.0665. The fraction of sp³-hybridized carbons (Fsp3) is 0.0943. The van der Waals surface area contributed by atoms with Gasteiger partial charge in [0.05, 0.1) is 0 Å². The number of rotatable bonds is 7. The first kappa shape index (κ1) is 35.0. The second kappa shape index (κ2) is 15.3. The quantitative estimate of drug-likeness (QED) is 0.149. The summed E-state index contributed by atoms with van der Waals surface area (Å²) in [5.41, 5.74) is 12.0. The Balaban J connectivity index is 0.00000462. The van der Waals surface area contributed by atoms with E-state index >= 15 is 0 Å². The number of pyridine rings is 1. The molecule has 0 N–H and O–H groups in total. The van der Waals surface area contributed by atoms with Gasteiger partial charge >= 0.3 is 0 Å². The fourth-order valence-corrected chi connectivity index (χ4v) is 8.01. The van der Waals surface area contributed by atoms with Gasteiger partial charge < -0.3 is 14.4 Å². The van der Waals surface area contributed by atoms with Gasteiger partial charge in [-0.05, 0) is 64.2 Å². The second-order valence-electron chi connectivity index (χ2n) is 15.5. The Morgan fingerprint density at radius 2 is 1.22 bits per heavy atom. The molecule has 0 bridgehead atoms. The van der Waals surface area contributed by atoms with E-state index in [1.165, 1.54) is 5.56 Å². The number of benzene rings is 7. The molecule has 4 nitrogen and oxygen atoms in total. The monoisotopic (exact) mass is 930 g/mol. The van der Waals surface area contributed by atoms with E-state index in [0.29, 0.717) is 11.1 Å². The smallest absolute Gasteiger partial charge is 0.135 e. The summed E-state index contributed by atoms with van der Waals surface area (Å²) in [7, 11) is 0. The minimum atomic E-state index is -1.93. The first-order chi connectivity index (χ1) is 28.7. The largest absolute Gasteiger partial charge is 0.493 e. The number of nitrogens with zero attached hydrogens (tertiary/aromatic N) is 4. The van der Waals surface area contributed by atoms with Crippen LogP contribution in [0.4, 0.5) is 22.7 Å². The molecule has 0 aliphatic carbocycles. The number of anilines is 4. The molecule has 10 rings (SSSR count). The molecular weight excluding hydrogens is 888 g/mol. The number of hydrogen-bond donors (Lipinski definition) is 0. The van der Waals surface area contributed by atoms with Gasteiger partial charge in [-0.15, -0.1) is 17.7 Å². The normalized spacial score (nSPS) is 13.3. The van der Waals surface area contributed by atoms with Crippen molar-refractivity contribution in [2.75, 3.05) is 9.80 Å². The molecule has 2 aromatic heterocycles. The van der Waals surface area contributed by atoms with Crippen molar-refractivity contribution in [1.29, 1.82) is 0 Å². The van der Waals surface area contributed by atoms with Crippen LogP contribution in [0.25, 0.3) is 49.9 Å². The summed E-state index contributed by atoms with van der Waals surface area (Å²) < 4.78 is 21.5. The Bertz CT molecular complexity index is 2950. The zero-order valence-corrected chi connectivity index (χ0v) is 34.7. The summed E-state index contributed by atoms with van der Waals surface area (Å²) in [6.45, 7) is 8.70. The molecule has 0 unspecified atom stereocenters. The zero-order valence-electron chi connectivity index (χ0n) is 34.4. The van der Waals surface area contributed by atoms with Gasteiger partial charge in [0.2, 0.25) is 0 Å². The number of para-hydroxylation sites is 4. The van der Waals surface area contributed by atoms with Crippen LogP contribution in [0.15, 0.2) is 176 Å². The van der Waals surface area contributed by atoms with Crippen LogP contribution < -0.4 is 9.80 Å². The topological polar surface area (TPSA) is 24.3 Å². The van der Waals surface area contributed by atoms with Gasteiger partial charge in [0.15, 0.2) is 0 Å². The maximum absolute atomic E-state index is 9.68. The van der Waals surface area contributed by atoms with Gasteiger partial charge in [-0.3, -0.25) is 0 Å². The van der Waals surface area contributed by atoms with Gasteiger partial charge in [-0.1, -0.05) is 135 Å². The van der Waals surface area contributed by atoms with Crippen LogP contribution >= 0.6 is 0 Å². The van der Waals surface area contributed by atoms with Crippen LogP contribution in [-0.2, 0) is 32.9 Å². The molecule has 0 spiro atoms. The number of hydrogen-bond acceptors (Lipinski definition) is 3. The maximum Gasteiger partial charge on any atom is 0.135 e. The van der Waals surface area contributed by atoms with E-state index in [1.807, 2.05) is 66.9 Å². The molecule has 7 aromatic carbocycles. The van der Waals surface area contributed by atoms with E-state index in [9.17, 15) is 2.74 Å². The fourth-order valence-electron chi connectivity index (χ4n) is 8.01. The molecular formula is C53H41N4Pt-3. The van der Waals surface area contributed by atoms with Crippen LogP contribution in [0.3, 0.4) is 0 Å². The second-order valence-corrected chi connectivity index (χ2v) is 15.5. The van der Waals surface area contributed by atoms with E-state index < -0.39 is 6.37 Å². The molecule has 5 heteroatoms. The van der Waals surface area contributed by atoms with Gasteiger partial charge in [0, 0.05) is 63.7 Å². The summed E-state index contributed by atoms with van der Waals surface area (Å²) in [4.78, 5) is 9.20. The Morgan fingerprint density at radius 1 is 0.603 bits per heavy atom. The third-order valence-corrected chi connectivity index (χ3v) is 10.8. The van der Waals surface area contributed by atoms with Crippen molar-refractivity contribution in [2.45, 2.75) is 32.6 Å². The van der Waals surface area contributed by atoms with Crippen LogP contribution in [-0.4, -0.2) is 9.55 Å². The molecule has 0 radical (unpaired) electrons. The van der Waals surface area contributed by atoms with Crippen molar-refractivity contribution in [2.24, 2.45) is 0 Å². The Kier molecular flexibility index (Phi) is 9.21. The summed E-state index contributed by atoms with van der Waals surface area (Å²) in [5.74, 6) is 0.781. The molecule has 3 heterocycles. The molecule has 0 saturated carbocycles. The minimum absolute atomic E-state index is 0. The first-order valence-corrected chi connectivity index (χ1v) is 19.4. The summed E-state index contributed by atoms with van der Waals surface area (Å²) >= 11 is 0. The first-order valence-electron chi connectivity index (χ1n) is 20.4. The zero-order chi connectivity index (χ0) is 40.3. The van der Waals surface area contributed by atoms with Crippen molar-refractivity contribution in [1.82, 2.24) is 9.55 Å². The van der Waals surface area contributed by atoms with E-state index in [2.05, 4.69) is 163 Å². The molecule has 286 valence electrons. The maximum atomic E-state index is 9.68. The summed E-state index contributed by atoms with van der Waals surface area (Å²) in [5, 5.41) is 2.06. The molecule has 9 aromatic rings. The van der Waals surface area contributed by atoms with Gasteiger partial charge in [-0.2, -0.15) is 53.6 Å². The standard InChI is InChI=1S/C53H41N4.Pt/c1-53(2,3)41-30-31-54-51(35-41)57-47-25-11-10-22-45(47)46-29-28-38(34-50(46)57)32-37-16-14-21-42(33-37)55-36-56(49-27-13-12-26-48(49)55)52-43(39-17-6-4-7-18-39)23-15-24-44(52)40-19-8-5-9-20-40;/h4-31,35-36H,32H2,1-3H3;/q-3;/i32D2;. The van der Waals surface area contributed by atoms with Crippen LogP contribution in [0, 0.1) is 18.8 Å². The average Bonchev–Trinajstić information content (AvgIpc) is 3.82. The Labute approximate surface area is 358 Å². The molecule has 0 saturated heterocycles. The summed E-state index contributed by atoms with van der Waals surface area (Å²) in [6, 6.07) is 65.0. The minimum Gasteiger partial charge on any atom is -0.493 e. The van der Waals surface area contributed by atoms with E-state index in [-0.39, 0.29) is 26.5 Å². The van der Waals surface area contributed by atoms with E-state index in [1.54, 1.807) is 0 Å². The Morgan fingerprint density at radius 3 is 1.93 bits per heavy atom. The van der Waals surface area contributed by atoms with E-state index in [0.717, 1.165) is 72.6 Å². The number of fused-ring (bicyclic) bond motifs is 4. The van der Waals surface area contributed by atoms with E-state index in [4.69, 9.17) is 4.98 Å². The number of aromatic nitrogens is 2. The molecule has 1 aliphatic heterocycles. The molecule has 1 aliphatic rings. The van der Waals surface area contributed by atoms with Crippen LogP contribution in [0.2, 0.25) is 0 Å². The van der Waals surface area contributed by atoms with Gasteiger partial charge in [-0.25, -0.2) is 4.98 Å². The van der Waals surface area contributed by atoms with Crippen molar-refractivity contribution < 1.29 is 23.8 Å². The molecule has 0 fully saturated rings. The van der Waals surface area contributed by atoms with Gasteiger partial charge in [0.1, 0.15) is 5.82 Å². The van der Waals surface area contributed by atoms with Crippen molar-refractivity contribution >= 4 is 44.6 Å². The molecule has 0 atom stereocenters. The third-order valence-electron chi connectivity index (χ3n) is 10.8. The molecule has 58 heavy (non-hydrogen) atoms.